The number of cyclic esters (lactones) is 1. The summed E-state index contributed by atoms with van der Waals surface area (Å²) in [4.78, 5) is 16.2. The highest BCUT2D eigenvalue weighted by molar-refractivity contribution is 6.42. The summed E-state index contributed by atoms with van der Waals surface area (Å²) in [6, 6.07) is 13.7. The van der Waals surface area contributed by atoms with Gasteiger partial charge in [-0.15, -0.1) is 0 Å². The van der Waals surface area contributed by atoms with Gasteiger partial charge in [0.15, 0.2) is 12.3 Å². The first kappa shape index (κ1) is 17.0. The van der Waals surface area contributed by atoms with E-state index in [4.69, 9.17) is 37.9 Å². The summed E-state index contributed by atoms with van der Waals surface area (Å²) in [6.45, 7) is -0.0237. The molecule has 5 nitrogen and oxygen atoms in total. The van der Waals surface area contributed by atoms with Crippen molar-refractivity contribution in [1.29, 1.82) is 5.26 Å². The van der Waals surface area contributed by atoms with Crippen LogP contribution in [0.4, 0.5) is 0 Å². The third-order valence-electron chi connectivity index (χ3n) is 3.27. The number of hydrogen-bond acceptors (Lipinski definition) is 5. The minimum atomic E-state index is -0.550. The molecule has 124 valence electrons. The van der Waals surface area contributed by atoms with Crippen molar-refractivity contribution < 1.29 is 14.3 Å². The van der Waals surface area contributed by atoms with E-state index in [0.717, 1.165) is 5.56 Å². The van der Waals surface area contributed by atoms with Gasteiger partial charge in [-0.2, -0.15) is 5.26 Å². The van der Waals surface area contributed by atoms with Crippen LogP contribution in [0.15, 0.2) is 53.2 Å². The van der Waals surface area contributed by atoms with Crippen LogP contribution in [0.3, 0.4) is 0 Å². The van der Waals surface area contributed by atoms with Crippen LogP contribution < -0.4 is 4.74 Å². The molecule has 25 heavy (non-hydrogen) atoms. The third-order valence-corrected chi connectivity index (χ3v) is 4.01. The molecular formula is C18H10Cl2N2O3. The maximum absolute atomic E-state index is 12.0. The fourth-order valence-corrected chi connectivity index (χ4v) is 2.39. The molecule has 3 rings (SSSR count). The Balaban J connectivity index is 1.83. The van der Waals surface area contributed by atoms with Gasteiger partial charge in [0.25, 0.3) is 0 Å². The van der Waals surface area contributed by atoms with Gasteiger partial charge < -0.3 is 9.47 Å². The average molecular weight is 373 g/mol. The first-order valence-electron chi connectivity index (χ1n) is 7.14. The highest BCUT2D eigenvalue weighted by atomic mass is 35.5. The molecule has 1 aliphatic rings. The van der Waals surface area contributed by atoms with Crippen LogP contribution in [0.5, 0.6) is 5.75 Å². The number of nitriles is 1. The molecule has 0 fully saturated rings. The van der Waals surface area contributed by atoms with Crippen molar-refractivity contribution in [2.24, 2.45) is 4.99 Å². The molecule has 0 aromatic heterocycles. The van der Waals surface area contributed by atoms with Crippen LogP contribution in [0.1, 0.15) is 11.1 Å². The number of esters is 1. The van der Waals surface area contributed by atoms with Gasteiger partial charge in [-0.25, -0.2) is 9.79 Å². The number of benzene rings is 2. The number of ether oxygens (including phenoxy) is 2. The summed E-state index contributed by atoms with van der Waals surface area (Å²) < 4.78 is 10.4. The van der Waals surface area contributed by atoms with Gasteiger partial charge in [0.05, 0.1) is 10.0 Å². The molecule has 1 aliphatic heterocycles. The molecule has 0 atom stereocenters. The first-order valence-corrected chi connectivity index (χ1v) is 7.90. The van der Waals surface area contributed by atoms with Gasteiger partial charge in [-0.1, -0.05) is 35.3 Å². The molecule has 2 aromatic rings. The van der Waals surface area contributed by atoms with Crippen LogP contribution in [-0.4, -0.2) is 18.5 Å². The van der Waals surface area contributed by atoms with Gasteiger partial charge in [0.1, 0.15) is 11.8 Å². The number of aliphatic imine (C=N–C) groups is 1. The van der Waals surface area contributed by atoms with E-state index >= 15 is 0 Å². The van der Waals surface area contributed by atoms with Crippen molar-refractivity contribution >= 4 is 41.1 Å². The molecular weight excluding hydrogens is 363 g/mol. The van der Waals surface area contributed by atoms with E-state index in [1.165, 1.54) is 0 Å². The number of carbonyl (C=O) groups excluding carboxylic acids is 1. The Morgan fingerprint density at radius 3 is 2.60 bits per heavy atom. The molecule has 7 heteroatoms. The predicted octanol–water partition coefficient (Wildman–Crippen LogP) is 4.24. The molecule has 0 saturated heterocycles. The fourth-order valence-electron chi connectivity index (χ4n) is 2.10. The number of hydrogen-bond donors (Lipinski definition) is 0. The summed E-state index contributed by atoms with van der Waals surface area (Å²) in [5.41, 5.74) is 1.48. The lowest BCUT2D eigenvalue weighted by Crippen LogP contribution is -2.05. The lowest BCUT2D eigenvalue weighted by molar-refractivity contribution is -0.129. The molecule has 0 N–H and O–H groups in total. The number of nitrogens with zero attached hydrogens (tertiary/aromatic N) is 2. The van der Waals surface area contributed by atoms with E-state index < -0.39 is 5.97 Å². The van der Waals surface area contributed by atoms with E-state index in [-0.39, 0.29) is 18.2 Å². The summed E-state index contributed by atoms with van der Waals surface area (Å²) in [6.07, 6.45) is 1.60. The highest BCUT2D eigenvalue weighted by Gasteiger charge is 2.24. The Hall–Kier alpha value is -2.81. The number of carbonyl (C=O) groups is 1. The van der Waals surface area contributed by atoms with Crippen LogP contribution in [-0.2, 0) is 9.53 Å². The first-order chi connectivity index (χ1) is 12.1. The summed E-state index contributed by atoms with van der Waals surface area (Å²) in [5, 5.41) is 9.24. The molecule has 0 bridgehead atoms. The molecule has 0 radical (unpaired) electrons. The standard InChI is InChI=1S/C18H10Cl2N2O3/c19-14-6-3-12(10-15(14)20)17-22-16(18(23)25-17)9-11-1-4-13(5-2-11)24-8-7-21/h1-6,9-10H,8H2/b16-9-. The molecule has 0 aliphatic carbocycles. The molecule has 1 heterocycles. The quantitative estimate of drug-likeness (QED) is 0.594. The van der Waals surface area contributed by atoms with Gasteiger partial charge in [0.2, 0.25) is 5.90 Å². The Labute approximate surface area is 153 Å². The Kier molecular flexibility index (Phi) is 5.03. The number of halogens is 2. The average Bonchev–Trinajstić information content (AvgIpc) is 2.97. The van der Waals surface area contributed by atoms with Crippen molar-refractivity contribution in [3.05, 3.63) is 69.3 Å². The Morgan fingerprint density at radius 2 is 1.92 bits per heavy atom. The van der Waals surface area contributed by atoms with E-state index in [1.807, 2.05) is 6.07 Å². The molecule has 0 spiro atoms. The van der Waals surface area contributed by atoms with Crippen LogP contribution >= 0.6 is 23.2 Å². The van der Waals surface area contributed by atoms with Crippen LogP contribution in [0.2, 0.25) is 10.0 Å². The van der Waals surface area contributed by atoms with Crippen LogP contribution in [0.25, 0.3) is 6.08 Å². The van der Waals surface area contributed by atoms with E-state index in [9.17, 15) is 4.79 Å². The Morgan fingerprint density at radius 1 is 1.16 bits per heavy atom. The van der Waals surface area contributed by atoms with Crippen molar-refractivity contribution in [2.75, 3.05) is 6.61 Å². The zero-order valence-electron chi connectivity index (χ0n) is 12.7. The molecule has 0 unspecified atom stereocenters. The summed E-state index contributed by atoms with van der Waals surface area (Å²) in [7, 11) is 0. The second-order valence-corrected chi connectivity index (χ2v) is 5.80. The predicted molar refractivity (Wildman–Crippen MR) is 94.6 cm³/mol. The largest absolute Gasteiger partial charge is 0.479 e. The van der Waals surface area contributed by atoms with Crippen molar-refractivity contribution in [3.63, 3.8) is 0 Å². The SMILES string of the molecule is N#CCOc1ccc(/C=C2\N=C(c3ccc(Cl)c(Cl)c3)OC2=O)cc1. The van der Waals surface area contributed by atoms with Crippen molar-refractivity contribution in [3.8, 4) is 11.8 Å². The van der Waals surface area contributed by atoms with Gasteiger partial charge in [-0.3, -0.25) is 0 Å². The van der Waals surface area contributed by atoms with Crippen molar-refractivity contribution in [1.82, 2.24) is 0 Å². The maximum atomic E-state index is 12.0. The molecule has 0 saturated carbocycles. The summed E-state index contributed by atoms with van der Waals surface area (Å²) >= 11 is 11.8. The number of rotatable bonds is 4. The lowest BCUT2D eigenvalue weighted by atomic mass is 10.2. The van der Waals surface area contributed by atoms with Gasteiger partial charge in [0, 0.05) is 5.56 Å². The lowest BCUT2D eigenvalue weighted by Gasteiger charge is -2.01. The van der Waals surface area contributed by atoms with Crippen LogP contribution in [0, 0.1) is 11.3 Å². The van der Waals surface area contributed by atoms with E-state index in [1.54, 1.807) is 48.5 Å². The minimum Gasteiger partial charge on any atom is -0.479 e. The fraction of sp³-hybridized carbons (Fsp3) is 0.0556. The monoisotopic (exact) mass is 372 g/mol. The van der Waals surface area contributed by atoms with Crippen molar-refractivity contribution in [2.45, 2.75) is 0 Å². The second kappa shape index (κ2) is 7.39. The molecule has 0 amide bonds. The normalized spacial score (nSPS) is 14.8. The smallest absolute Gasteiger partial charge is 0.363 e. The minimum absolute atomic E-state index is 0.0237. The van der Waals surface area contributed by atoms with E-state index in [0.29, 0.717) is 21.4 Å². The maximum Gasteiger partial charge on any atom is 0.363 e. The summed E-state index contributed by atoms with van der Waals surface area (Å²) in [5.74, 6) is 0.187. The van der Waals surface area contributed by atoms with Gasteiger partial charge in [-0.05, 0) is 42.0 Å². The van der Waals surface area contributed by atoms with Gasteiger partial charge >= 0.3 is 5.97 Å². The second-order valence-electron chi connectivity index (χ2n) is 4.98. The zero-order chi connectivity index (χ0) is 17.8. The third kappa shape index (κ3) is 4.00. The molecule has 2 aromatic carbocycles. The highest BCUT2D eigenvalue weighted by Crippen LogP contribution is 2.26. The Bertz CT molecular complexity index is 928. The zero-order valence-corrected chi connectivity index (χ0v) is 14.2. The topological polar surface area (TPSA) is 71.7 Å². The van der Waals surface area contributed by atoms with E-state index in [2.05, 4.69) is 4.99 Å².